The van der Waals surface area contributed by atoms with Crippen LogP contribution in [0.25, 0.3) is 0 Å². The van der Waals surface area contributed by atoms with E-state index in [9.17, 15) is 0 Å². The van der Waals surface area contributed by atoms with Crippen LogP contribution in [0.3, 0.4) is 0 Å². The first-order valence-corrected chi connectivity index (χ1v) is 4.17. The van der Waals surface area contributed by atoms with Crippen molar-refractivity contribution in [2.75, 3.05) is 20.1 Å². The Morgan fingerprint density at radius 2 is 2.18 bits per heavy atom. The van der Waals surface area contributed by atoms with Gasteiger partial charge in [-0.15, -0.1) is 0 Å². The SMILES string of the molecule is CN1CCCCC(C)(OO)C1. The van der Waals surface area contributed by atoms with Crippen molar-refractivity contribution in [3.8, 4) is 0 Å². The minimum atomic E-state index is -0.342. The number of hydrogen-bond acceptors (Lipinski definition) is 3. The second-order valence-corrected chi connectivity index (χ2v) is 3.74. The second kappa shape index (κ2) is 3.52. The van der Waals surface area contributed by atoms with Gasteiger partial charge >= 0.3 is 0 Å². The highest BCUT2D eigenvalue weighted by Gasteiger charge is 2.28. The van der Waals surface area contributed by atoms with Crippen LogP contribution in [-0.4, -0.2) is 35.9 Å². The monoisotopic (exact) mass is 159 g/mol. The van der Waals surface area contributed by atoms with Crippen LogP contribution in [0.4, 0.5) is 0 Å². The zero-order chi connectivity index (χ0) is 8.32. The molecule has 1 rings (SSSR count). The van der Waals surface area contributed by atoms with Crippen molar-refractivity contribution < 1.29 is 10.1 Å². The summed E-state index contributed by atoms with van der Waals surface area (Å²) >= 11 is 0. The maximum atomic E-state index is 8.67. The van der Waals surface area contributed by atoms with Crippen LogP contribution in [0.1, 0.15) is 26.2 Å². The second-order valence-electron chi connectivity index (χ2n) is 3.74. The third kappa shape index (κ3) is 2.43. The summed E-state index contributed by atoms with van der Waals surface area (Å²) in [6.45, 7) is 3.89. The standard InChI is InChI=1S/C8H17NO2/c1-8(11-10)5-3-4-6-9(2)7-8/h10H,3-7H2,1-2H3. The molecule has 0 aromatic rings. The van der Waals surface area contributed by atoms with E-state index in [0.717, 1.165) is 25.9 Å². The summed E-state index contributed by atoms with van der Waals surface area (Å²) in [6.07, 6.45) is 3.30. The molecule has 1 saturated heterocycles. The van der Waals surface area contributed by atoms with Crippen LogP contribution in [-0.2, 0) is 4.89 Å². The van der Waals surface area contributed by atoms with Crippen molar-refractivity contribution >= 4 is 0 Å². The molecule has 3 heteroatoms. The fourth-order valence-electron chi connectivity index (χ4n) is 1.68. The van der Waals surface area contributed by atoms with Gasteiger partial charge in [0.05, 0.1) is 0 Å². The number of hydrogen-bond donors (Lipinski definition) is 1. The van der Waals surface area contributed by atoms with E-state index in [0.29, 0.717) is 0 Å². The molecule has 0 amide bonds. The van der Waals surface area contributed by atoms with Crippen LogP contribution in [0.2, 0.25) is 0 Å². The third-order valence-electron chi connectivity index (χ3n) is 2.32. The molecule has 1 aliphatic heterocycles. The maximum Gasteiger partial charge on any atom is 0.113 e. The highest BCUT2D eigenvalue weighted by Crippen LogP contribution is 2.22. The predicted molar refractivity (Wildman–Crippen MR) is 43.5 cm³/mol. The Bertz CT molecular complexity index is 129. The first-order chi connectivity index (χ1) is 5.16. The molecule has 66 valence electrons. The average Bonchev–Trinajstić information content (AvgIpc) is 2.13. The van der Waals surface area contributed by atoms with Gasteiger partial charge < -0.3 is 4.90 Å². The molecule has 0 aromatic carbocycles. The molecule has 0 spiro atoms. The van der Waals surface area contributed by atoms with Gasteiger partial charge in [-0.3, -0.25) is 5.26 Å². The zero-order valence-electron chi connectivity index (χ0n) is 7.34. The van der Waals surface area contributed by atoms with Gasteiger partial charge in [-0.2, -0.15) is 0 Å². The molecule has 0 radical (unpaired) electrons. The van der Waals surface area contributed by atoms with E-state index in [1.165, 1.54) is 6.42 Å². The minimum Gasteiger partial charge on any atom is -0.303 e. The summed E-state index contributed by atoms with van der Waals surface area (Å²) < 4.78 is 0. The summed E-state index contributed by atoms with van der Waals surface area (Å²) in [5.74, 6) is 0. The summed E-state index contributed by atoms with van der Waals surface area (Å²) in [7, 11) is 2.06. The smallest absolute Gasteiger partial charge is 0.113 e. The first-order valence-electron chi connectivity index (χ1n) is 4.17. The van der Waals surface area contributed by atoms with Crippen molar-refractivity contribution in [3.05, 3.63) is 0 Å². The third-order valence-corrected chi connectivity index (χ3v) is 2.32. The number of rotatable bonds is 1. The largest absolute Gasteiger partial charge is 0.303 e. The van der Waals surface area contributed by atoms with Gasteiger partial charge in [0.2, 0.25) is 0 Å². The summed E-state index contributed by atoms with van der Waals surface area (Å²) in [5.41, 5.74) is -0.342. The van der Waals surface area contributed by atoms with Crippen LogP contribution in [0.5, 0.6) is 0 Å². The normalized spacial score (nSPS) is 35.2. The van der Waals surface area contributed by atoms with Crippen LogP contribution in [0, 0.1) is 0 Å². The lowest BCUT2D eigenvalue weighted by Crippen LogP contribution is -2.38. The highest BCUT2D eigenvalue weighted by molar-refractivity contribution is 4.80. The number of nitrogens with zero attached hydrogens (tertiary/aromatic N) is 1. The molecule has 1 atom stereocenters. The lowest BCUT2D eigenvalue weighted by Gasteiger charge is -2.27. The summed E-state index contributed by atoms with van der Waals surface area (Å²) in [6, 6.07) is 0. The molecule has 11 heavy (non-hydrogen) atoms. The van der Waals surface area contributed by atoms with Gasteiger partial charge in [0.15, 0.2) is 0 Å². The Hall–Kier alpha value is -0.120. The van der Waals surface area contributed by atoms with Crippen molar-refractivity contribution in [2.24, 2.45) is 0 Å². The van der Waals surface area contributed by atoms with Gasteiger partial charge in [-0.1, -0.05) is 0 Å². The van der Waals surface area contributed by atoms with Crippen molar-refractivity contribution in [1.29, 1.82) is 0 Å². The number of likely N-dealkylation sites (tertiary alicyclic amines) is 1. The van der Waals surface area contributed by atoms with Crippen LogP contribution < -0.4 is 0 Å². The average molecular weight is 159 g/mol. The van der Waals surface area contributed by atoms with Gasteiger partial charge in [0.25, 0.3) is 0 Å². The Kier molecular flexibility index (Phi) is 2.87. The quantitative estimate of drug-likeness (QED) is 0.463. The fourth-order valence-corrected chi connectivity index (χ4v) is 1.68. The molecule has 0 saturated carbocycles. The van der Waals surface area contributed by atoms with Crippen LogP contribution >= 0.6 is 0 Å². The molecule has 1 heterocycles. The van der Waals surface area contributed by atoms with Crippen molar-refractivity contribution in [3.63, 3.8) is 0 Å². The van der Waals surface area contributed by atoms with E-state index in [1.54, 1.807) is 0 Å². The topological polar surface area (TPSA) is 32.7 Å². The fraction of sp³-hybridized carbons (Fsp3) is 1.00. The van der Waals surface area contributed by atoms with E-state index < -0.39 is 0 Å². The molecule has 1 N–H and O–H groups in total. The molecule has 1 fully saturated rings. The van der Waals surface area contributed by atoms with E-state index in [4.69, 9.17) is 5.26 Å². The Labute approximate surface area is 67.9 Å². The lowest BCUT2D eigenvalue weighted by molar-refractivity contribution is -0.321. The van der Waals surface area contributed by atoms with Gasteiger partial charge in [0, 0.05) is 6.54 Å². The molecular weight excluding hydrogens is 142 g/mol. The lowest BCUT2D eigenvalue weighted by atomic mass is 10.0. The van der Waals surface area contributed by atoms with Gasteiger partial charge in [-0.05, 0) is 39.8 Å². The van der Waals surface area contributed by atoms with E-state index >= 15 is 0 Å². The minimum absolute atomic E-state index is 0.342. The van der Waals surface area contributed by atoms with Crippen molar-refractivity contribution in [1.82, 2.24) is 4.90 Å². The Morgan fingerprint density at radius 3 is 2.82 bits per heavy atom. The molecular formula is C8H17NO2. The molecule has 0 aliphatic carbocycles. The molecule has 3 nitrogen and oxygen atoms in total. The molecule has 1 aliphatic rings. The predicted octanol–water partition coefficient (Wildman–Crippen LogP) is 1.35. The van der Waals surface area contributed by atoms with E-state index in [-0.39, 0.29) is 5.60 Å². The zero-order valence-corrected chi connectivity index (χ0v) is 7.34. The first kappa shape index (κ1) is 8.97. The Morgan fingerprint density at radius 1 is 1.45 bits per heavy atom. The van der Waals surface area contributed by atoms with Crippen molar-refractivity contribution in [2.45, 2.75) is 31.8 Å². The molecule has 0 bridgehead atoms. The Balaban J connectivity index is 2.51. The van der Waals surface area contributed by atoms with Crippen LogP contribution in [0.15, 0.2) is 0 Å². The highest BCUT2D eigenvalue weighted by atomic mass is 17.1. The van der Waals surface area contributed by atoms with Gasteiger partial charge in [-0.25, -0.2) is 4.89 Å². The van der Waals surface area contributed by atoms with E-state index in [2.05, 4.69) is 16.8 Å². The molecule has 1 unspecified atom stereocenters. The maximum absolute atomic E-state index is 8.67. The molecule has 0 aromatic heterocycles. The summed E-state index contributed by atoms with van der Waals surface area (Å²) in [4.78, 5) is 6.68. The number of likely N-dealkylation sites (N-methyl/N-ethyl adjacent to an activating group) is 1. The summed E-state index contributed by atoms with van der Waals surface area (Å²) in [5, 5.41) is 8.67. The van der Waals surface area contributed by atoms with Gasteiger partial charge in [0.1, 0.15) is 5.60 Å². The van der Waals surface area contributed by atoms with E-state index in [1.807, 2.05) is 6.92 Å².